The lowest BCUT2D eigenvalue weighted by Crippen LogP contribution is -2.27. The minimum Gasteiger partial charge on any atom is -0.394 e. The van der Waals surface area contributed by atoms with Crippen LogP contribution in [0, 0.1) is 6.92 Å². The number of carbonyl (C=O) groups is 1. The zero-order valence-corrected chi connectivity index (χ0v) is 10.8. The fourth-order valence-corrected chi connectivity index (χ4v) is 1.76. The number of hydrogen-bond acceptors (Lipinski definition) is 4. The normalized spacial score (nSPS) is 10.8. The number of aliphatic hydroxyl groups is 1. The second kappa shape index (κ2) is 6.31. The number of ether oxygens (including phenoxy) is 1. The Labute approximate surface area is 111 Å². The summed E-state index contributed by atoms with van der Waals surface area (Å²) in [4.78, 5) is 16.2. The molecule has 0 aliphatic carbocycles. The quantitative estimate of drug-likeness (QED) is 0.739. The van der Waals surface area contributed by atoms with Crippen LogP contribution in [0.15, 0.2) is 24.5 Å². The van der Waals surface area contributed by atoms with E-state index in [2.05, 4.69) is 10.3 Å². The van der Waals surface area contributed by atoms with E-state index >= 15 is 0 Å². The van der Waals surface area contributed by atoms with E-state index in [1.165, 1.54) is 0 Å². The number of nitrogens with zero attached hydrogens (tertiary/aromatic N) is 2. The second-order valence-corrected chi connectivity index (χ2v) is 4.16. The summed E-state index contributed by atoms with van der Waals surface area (Å²) < 4.78 is 6.89. The number of aliphatic hydroxyl groups excluding tert-OH is 1. The van der Waals surface area contributed by atoms with Crippen LogP contribution >= 0.6 is 0 Å². The largest absolute Gasteiger partial charge is 0.394 e. The standard InChI is InChI=1S/C13H17N3O3/c1-10-8-16-9-11(2-3-12(16)15-10)13(18)14-4-6-19-7-5-17/h2-3,8-9,17H,4-7H2,1H3,(H,14,18). The average Bonchev–Trinajstić information content (AvgIpc) is 2.77. The van der Waals surface area contributed by atoms with Gasteiger partial charge in [0, 0.05) is 18.9 Å². The molecule has 6 nitrogen and oxygen atoms in total. The molecular weight excluding hydrogens is 246 g/mol. The molecule has 2 rings (SSSR count). The molecular formula is C13H17N3O3. The Kier molecular flexibility index (Phi) is 4.48. The maximum Gasteiger partial charge on any atom is 0.252 e. The third-order valence-electron chi connectivity index (χ3n) is 2.60. The number of hydrogen-bond donors (Lipinski definition) is 2. The third-order valence-corrected chi connectivity index (χ3v) is 2.60. The fraction of sp³-hybridized carbons (Fsp3) is 0.385. The zero-order valence-electron chi connectivity index (χ0n) is 10.8. The molecule has 0 unspecified atom stereocenters. The van der Waals surface area contributed by atoms with Gasteiger partial charge in [0.25, 0.3) is 5.91 Å². The number of pyridine rings is 1. The van der Waals surface area contributed by atoms with Crippen molar-refractivity contribution in [3.63, 3.8) is 0 Å². The molecule has 0 aliphatic rings. The number of amides is 1. The number of fused-ring (bicyclic) bond motifs is 1. The summed E-state index contributed by atoms with van der Waals surface area (Å²) in [6, 6.07) is 3.55. The first-order chi connectivity index (χ1) is 9.20. The lowest BCUT2D eigenvalue weighted by molar-refractivity contribution is 0.0838. The molecule has 102 valence electrons. The summed E-state index contributed by atoms with van der Waals surface area (Å²) in [5.41, 5.74) is 2.31. The summed E-state index contributed by atoms with van der Waals surface area (Å²) in [6.45, 7) is 2.99. The van der Waals surface area contributed by atoms with Crippen molar-refractivity contribution in [2.75, 3.05) is 26.4 Å². The van der Waals surface area contributed by atoms with Crippen LogP contribution in [0.4, 0.5) is 0 Å². The van der Waals surface area contributed by atoms with Gasteiger partial charge in [-0.3, -0.25) is 4.79 Å². The molecule has 1 amide bonds. The Balaban J connectivity index is 1.93. The molecule has 0 radical (unpaired) electrons. The molecule has 0 atom stereocenters. The molecule has 2 aromatic heterocycles. The van der Waals surface area contributed by atoms with Crippen LogP contribution in [0.5, 0.6) is 0 Å². The monoisotopic (exact) mass is 263 g/mol. The van der Waals surface area contributed by atoms with E-state index in [1.54, 1.807) is 12.3 Å². The van der Waals surface area contributed by atoms with Crippen molar-refractivity contribution >= 4 is 11.6 Å². The van der Waals surface area contributed by atoms with E-state index < -0.39 is 0 Å². The number of aryl methyl sites for hydroxylation is 1. The van der Waals surface area contributed by atoms with Gasteiger partial charge in [0.2, 0.25) is 0 Å². The third kappa shape index (κ3) is 3.52. The molecule has 0 bridgehead atoms. The molecule has 0 aliphatic heterocycles. The fourth-order valence-electron chi connectivity index (χ4n) is 1.76. The van der Waals surface area contributed by atoms with Gasteiger partial charge in [-0.2, -0.15) is 0 Å². The molecule has 0 saturated heterocycles. The molecule has 2 N–H and O–H groups in total. The van der Waals surface area contributed by atoms with Gasteiger partial charge in [0.15, 0.2) is 0 Å². The highest BCUT2D eigenvalue weighted by Crippen LogP contribution is 2.07. The SMILES string of the molecule is Cc1cn2cc(C(=O)NCCOCCO)ccc2n1. The first kappa shape index (κ1) is 13.5. The predicted octanol–water partition coefficient (Wildman–Crippen LogP) is 0.381. The van der Waals surface area contributed by atoms with Crippen molar-refractivity contribution in [3.05, 3.63) is 35.8 Å². The first-order valence-corrected chi connectivity index (χ1v) is 6.13. The van der Waals surface area contributed by atoms with Crippen molar-refractivity contribution in [1.82, 2.24) is 14.7 Å². The zero-order chi connectivity index (χ0) is 13.7. The summed E-state index contributed by atoms with van der Waals surface area (Å²) in [7, 11) is 0. The second-order valence-electron chi connectivity index (χ2n) is 4.16. The van der Waals surface area contributed by atoms with Gasteiger partial charge in [0.05, 0.1) is 31.1 Å². The number of carbonyl (C=O) groups excluding carboxylic acids is 1. The van der Waals surface area contributed by atoms with E-state index in [0.717, 1.165) is 11.3 Å². The van der Waals surface area contributed by atoms with E-state index in [4.69, 9.17) is 9.84 Å². The van der Waals surface area contributed by atoms with E-state index in [1.807, 2.05) is 23.6 Å². The van der Waals surface area contributed by atoms with Gasteiger partial charge in [0.1, 0.15) is 5.65 Å². The van der Waals surface area contributed by atoms with Crippen molar-refractivity contribution in [1.29, 1.82) is 0 Å². The number of aromatic nitrogens is 2. The van der Waals surface area contributed by atoms with E-state index in [-0.39, 0.29) is 19.1 Å². The van der Waals surface area contributed by atoms with E-state index in [0.29, 0.717) is 18.7 Å². The Bertz CT molecular complexity index is 565. The summed E-state index contributed by atoms with van der Waals surface area (Å²) in [5, 5.41) is 11.3. The van der Waals surface area contributed by atoms with Crippen LogP contribution in [0.1, 0.15) is 16.1 Å². The minimum atomic E-state index is -0.152. The van der Waals surface area contributed by atoms with Crippen molar-refractivity contribution in [3.8, 4) is 0 Å². The molecule has 0 saturated carbocycles. The van der Waals surface area contributed by atoms with Crippen LogP contribution in [-0.4, -0.2) is 46.8 Å². The number of imidazole rings is 1. The van der Waals surface area contributed by atoms with Gasteiger partial charge in [-0.1, -0.05) is 0 Å². The highest BCUT2D eigenvalue weighted by atomic mass is 16.5. The van der Waals surface area contributed by atoms with Gasteiger partial charge < -0.3 is 19.6 Å². The van der Waals surface area contributed by atoms with Crippen molar-refractivity contribution < 1.29 is 14.6 Å². The molecule has 2 heterocycles. The summed E-state index contributed by atoms with van der Waals surface area (Å²) in [5.74, 6) is -0.152. The number of rotatable bonds is 6. The molecule has 0 aromatic carbocycles. The molecule has 2 aromatic rings. The highest BCUT2D eigenvalue weighted by molar-refractivity contribution is 5.94. The Hall–Kier alpha value is -1.92. The van der Waals surface area contributed by atoms with Crippen LogP contribution < -0.4 is 5.32 Å². The molecule has 0 fully saturated rings. The summed E-state index contributed by atoms with van der Waals surface area (Å²) in [6.07, 6.45) is 3.62. The lowest BCUT2D eigenvalue weighted by atomic mass is 10.2. The van der Waals surface area contributed by atoms with Crippen molar-refractivity contribution in [2.45, 2.75) is 6.92 Å². The smallest absolute Gasteiger partial charge is 0.252 e. The predicted molar refractivity (Wildman–Crippen MR) is 70.2 cm³/mol. The molecule has 6 heteroatoms. The Morgan fingerprint density at radius 3 is 3.05 bits per heavy atom. The van der Waals surface area contributed by atoms with Gasteiger partial charge >= 0.3 is 0 Å². The maximum absolute atomic E-state index is 11.9. The molecule has 0 spiro atoms. The highest BCUT2D eigenvalue weighted by Gasteiger charge is 2.06. The van der Waals surface area contributed by atoms with Crippen LogP contribution in [0.3, 0.4) is 0 Å². The van der Waals surface area contributed by atoms with Gasteiger partial charge in [-0.05, 0) is 19.1 Å². The summed E-state index contributed by atoms with van der Waals surface area (Å²) >= 11 is 0. The van der Waals surface area contributed by atoms with Crippen LogP contribution in [-0.2, 0) is 4.74 Å². The topological polar surface area (TPSA) is 75.9 Å². The van der Waals surface area contributed by atoms with Gasteiger partial charge in [-0.15, -0.1) is 0 Å². The Morgan fingerprint density at radius 1 is 1.42 bits per heavy atom. The molecule has 19 heavy (non-hydrogen) atoms. The number of nitrogens with one attached hydrogen (secondary N) is 1. The van der Waals surface area contributed by atoms with Crippen LogP contribution in [0.2, 0.25) is 0 Å². The van der Waals surface area contributed by atoms with Crippen molar-refractivity contribution in [2.24, 2.45) is 0 Å². The minimum absolute atomic E-state index is 0.00933. The lowest BCUT2D eigenvalue weighted by Gasteiger charge is -2.06. The van der Waals surface area contributed by atoms with E-state index in [9.17, 15) is 4.79 Å². The maximum atomic E-state index is 11.9. The average molecular weight is 263 g/mol. The van der Waals surface area contributed by atoms with Gasteiger partial charge in [-0.25, -0.2) is 4.98 Å². The first-order valence-electron chi connectivity index (χ1n) is 6.13. The Morgan fingerprint density at radius 2 is 2.26 bits per heavy atom. The van der Waals surface area contributed by atoms with Crippen LogP contribution in [0.25, 0.3) is 5.65 Å².